The molecule has 0 radical (unpaired) electrons. The standard InChI is InChI=1S/C17H28N2O/c1-15-6-12-7-16(2,9-15)11-17(8-12,10-15)14(19-18)13-4-3-5-20-13/h4,12,14,19H,3,5-11,18H2,1-2H3. The van der Waals surface area contributed by atoms with Crippen LogP contribution in [0.2, 0.25) is 0 Å². The van der Waals surface area contributed by atoms with Gasteiger partial charge in [-0.25, -0.2) is 5.43 Å². The Kier molecular flexibility index (Phi) is 2.64. The molecule has 0 saturated heterocycles. The molecule has 3 atom stereocenters. The molecule has 4 aliphatic carbocycles. The molecule has 4 bridgehead atoms. The van der Waals surface area contributed by atoms with E-state index in [1.165, 1.54) is 38.5 Å². The average Bonchev–Trinajstić information content (AvgIpc) is 2.77. The Morgan fingerprint density at radius 2 is 1.90 bits per heavy atom. The summed E-state index contributed by atoms with van der Waals surface area (Å²) < 4.78 is 5.88. The van der Waals surface area contributed by atoms with Gasteiger partial charge in [-0.05, 0) is 66.8 Å². The second kappa shape index (κ2) is 4.01. The van der Waals surface area contributed by atoms with Gasteiger partial charge in [0.15, 0.2) is 0 Å². The van der Waals surface area contributed by atoms with E-state index in [2.05, 4.69) is 25.3 Å². The van der Waals surface area contributed by atoms with Crippen molar-refractivity contribution in [3.63, 3.8) is 0 Å². The van der Waals surface area contributed by atoms with E-state index in [0.29, 0.717) is 16.2 Å². The highest BCUT2D eigenvalue weighted by Gasteiger charge is 2.62. The molecule has 3 N–H and O–H groups in total. The van der Waals surface area contributed by atoms with E-state index in [-0.39, 0.29) is 6.04 Å². The summed E-state index contributed by atoms with van der Waals surface area (Å²) in [6.45, 7) is 5.87. The van der Waals surface area contributed by atoms with Crippen LogP contribution in [0.5, 0.6) is 0 Å². The summed E-state index contributed by atoms with van der Waals surface area (Å²) in [5.41, 5.74) is 4.53. The van der Waals surface area contributed by atoms with Crippen LogP contribution in [-0.2, 0) is 4.74 Å². The van der Waals surface area contributed by atoms with Crippen LogP contribution in [0.4, 0.5) is 0 Å². The number of hydrogen-bond donors (Lipinski definition) is 2. The predicted molar refractivity (Wildman–Crippen MR) is 79.6 cm³/mol. The number of rotatable bonds is 3. The lowest BCUT2D eigenvalue weighted by Gasteiger charge is -2.67. The fourth-order valence-electron chi connectivity index (χ4n) is 7.06. The van der Waals surface area contributed by atoms with Crippen molar-refractivity contribution < 1.29 is 4.74 Å². The topological polar surface area (TPSA) is 47.3 Å². The van der Waals surface area contributed by atoms with Crippen molar-refractivity contribution in [2.75, 3.05) is 6.61 Å². The highest BCUT2D eigenvalue weighted by molar-refractivity contribution is 5.20. The first-order valence-electron chi connectivity index (χ1n) is 8.25. The van der Waals surface area contributed by atoms with Crippen LogP contribution in [0.25, 0.3) is 0 Å². The molecular formula is C17H28N2O. The maximum atomic E-state index is 5.99. The molecule has 0 aromatic heterocycles. The van der Waals surface area contributed by atoms with Crippen molar-refractivity contribution >= 4 is 0 Å². The van der Waals surface area contributed by atoms with Crippen LogP contribution in [0.15, 0.2) is 11.8 Å². The molecule has 0 amide bonds. The molecule has 1 heterocycles. The van der Waals surface area contributed by atoms with Crippen molar-refractivity contribution in [2.45, 2.75) is 64.8 Å². The van der Waals surface area contributed by atoms with Crippen LogP contribution in [0.3, 0.4) is 0 Å². The molecule has 0 aromatic carbocycles. The first-order chi connectivity index (χ1) is 9.46. The highest BCUT2D eigenvalue weighted by Crippen LogP contribution is 2.70. The Balaban J connectivity index is 1.72. The molecule has 4 saturated carbocycles. The second-order valence-corrected chi connectivity index (χ2v) is 8.84. The third kappa shape index (κ3) is 1.79. The number of nitrogens with two attached hydrogens (primary N) is 1. The van der Waals surface area contributed by atoms with E-state index in [4.69, 9.17) is 10.6 Å². The summed E-state index contributed by atoms with van der Waals surface area (Å²) in [4.78, 5) is 0. The summed E-state index contributed by atoms with van der Waals surface area (Å²) in [5, 5.41) is 0. The first kappa shape index (κ1) is 13.1. The van der Waals surface area contributed by atoms with Crippen LogP contribution in [0.1, 0.15) is 58.8 Å². The molecule has 20 heavy (non-hydrogen) atoms. The van der Waals surface area contributed by atoms with Crippen molar-refractivity contribution in [1.29, 1.82) is 0 Å². The van der Waals surface area contributed by atoms with Gasteiger partial charge in [-0.1, -0.05) is 13.8 Å². The van der Waals surface area contributed by atoms with Gasteiger partial charge in [0, 0.05) is 6.42 Å². The van der Waals surface area contributed by atoms with Gasteiger partial charge in [-0.3, -0.25) is 5.84 Å². The molecule has 5 aliphatic rings. The molecule has 0 spiro atoms. The Hall–Kier alpha value is -0.540. The summed E-state index contributed by atoms with van der Waals surface area (Å²) in [6, 6.07) is 0.229. The van der Waals surface area contributed by atoms with E-state index in [9.17, 15) is 0 Å². The zero-order valence-electron chi connectivity index (χ0n) is 12.9. The van der Waals surface area contributed by atoms with E-state index in [1.54, 1.807) is 0 Å². The van der Waals surface area contributed by atoms with Crippen LogP contribution in [-0.4, -0.2) is 12.6 Å². The number of hydrazine groups is 1. The Morgan fingerprint density at radius 1 is 1.20 bits per heavy atom. The van der Waals surface area contributed by atoms with Crippen molar-refractivity contribution in [1.82, 2.24) is 5.43 Å². The normalized spacial score (nSPS) is 51.0. The lowest BCUT2D eigenvalue weighted by atomic mass is 9.39. The third-order valence-electron chi connectivity index (χ3n) is 6.47. The van der Waals surface area contributed by atoms with Crippen LogP contribution in [0, 0.1) is 22.2 Å². The lowest BCUT2D eigenvalue weighted by Crippen LogP contribution is -2.62. The van der Waals surface area contributed by atoms with Crippen molar-refractivity contribution in [2.24, 2.45) is 28.0 Å². The maximum absolute atomic E-state index is 5.99. The number of ether oxygens (including phenoxy) is 1. The van der Waals surface area contributed by atoms with E-state index in [1.807, 2.05) is 0 Å². The molecule has 0 aromatic rings. The first-order valence-corrected chi connectivity index (χ1v) is 8.25. The summed E-state index contributed by atoms with van der Waals surface area (Å²) >= 11 is 0. The maximum Gasteiger partial charge on any atom is 0.111 e. The fourth-order valence-corrected chi connectivity index (χ4v) is 7.06. The van der Waals surface area contributed by atoms with E-state index in [0.717, 1.165) is 24.7 Å². The SMILES string of the molecule is CC12CC3CC(C)(C1)CC(C(NN)C1=CCCO1)(C3)C2. The average molecular weight is 276 g/mol. The minimum absolute atomic E-state index is 0.229. The van der Waals surface area contributed by atoms with Gasteiger partial charge < -0.3 is 4.74 Å². The largest absolute Gasteiger partial charge is 0.496 e. The summed E-state index contributed by atoms with van der Waals surface area (Å²) in [6.07, 6.45) is 11.6. The monoisotopic (exact) mass is 276 g/mol. The quantitative estimate of drug-likeness (QED) is 0.615. The number of nitrogens with one attached hydrogen (secondary N) is 1. The van der Waals surface area contributed by atoms with Gasteiger partial charge in [0.25, 0.3) is 0 Å². The van der Waals surface area contributed by atoms with E-state index < -0.39 is 0 Å². The summed E-state index contributed by atoms with van der Waals surface area (Å²) in [7, 11) is 0. The molecule has 112 valence electrons. The Bertz CT molecular complexity index is 440. The molecule has 1 aliphatic heterocycles. The Labute approximate surface area is 122 Å². The highest BCUT2D eigenvalue weighted by atomic mass is 16.5. The molecular weight excluding hydrogens is 248 g/mol. The van der Waals surface area contributed by atoms with Gasteiger partial charge in [0.2, 0.25) is 0 Å². The lowest BCUT2D eigenvalue weighted by molar-refractivity contribution is -0.157. The number of hydrogen-bond acceptors (Lipinski definition) is 3. The second-order valence-electron chi connectivity index (χ2n) is 8.84. The van der Waals surface area contributed by atoms with Gasteiger partial charge >= 0.3 is 0 Å². The summed E-state index contributed by atoms with van der Waals surface area (Å²) in [5.74, 6) is 8.02. The van der Waals surface area contributed by atoms with Crippen molar-refractivity contribution in [3.8, 4) is 0 Å². The van der Waals surface area contributed by atoms with Gasteiger partial charge in [-0.2, -0.15) is 0 Å². The van der Waals surface area contributed by atoms with E-state index >= 15 is 0 Å². The molecule has 3 unspecified atom stereocenters. The third-order valence-corrected chi connectivity index (χ3v) is 6.47. The van der Waals surface area contributed by atoms with Crippen LogP contribution >= 0.6 is 0 Å². The minimum Gasteiger partial charge on any atom is -0.496 e. The van der Waals surface area contributed by atoms with Gasteiger partial charge in [0.1, 0.15) is 5.76 Å². The smallest absolute Gasteiger partial charge is 0.111 e. The predicted octanol–water partition coefficient (Wildman–Crippen LogP) is 3.12. The van der Waals surface area contributed by atoms with Crippen molar-refractivity contribution in [3.05, 3.63) is 11.8 Å². The minimum atomic E-state index is 0.229. The molecule has 3 nitrogen and oxygen atoms in total. The van der Waals surface area contributed by atoms with Gasteiger partial charge in [0.05, 0.1) is 12.6 Å². The Morgan fingerprint density at radius 3 is 2.40 bits per heavy atom. The zero-order valence-corrected chi connectivity index (χ0v) is 12.9. The molecule has 5 rings (SSSR count). The molecule has 4 fully saturated rings. The fraction of sp³-hybridized carbons (Fsp3) is 0.882. The zero-order chi connectivity index (χ0) is 14.0. The van der Waals surface area contributed by atoms with Gasteiger partial charge in [-0.15, -0.1) is 0 Å². The molecule has 3 heteroatoms. The van der Waals surface area contributed by atoms with Crippen LogP contribution < -0.4 is 11.3 Å².